The largest absolute Gasteiger partial charge is 0.463 e. The van der Waals surface area contributed by atoms with Crippen LogP contribution in [-0.4, -0.2) is 30.1 Å². The highest BCUT2D eigenvalue weighted by Crippen LogP contribution is 2.00. The Morgan fingerprint density at radius 3 is 2.86 bits per heavy atom. The van der Waals surface area contributed by atoms with Gasteiger partial charge in [0.05, 0.1) is 6.61 Å². The molecule has 14 heavy (non-hydrogen) atoms. The third-order valence-electron chi connectivity index (χ3n) is 1.57. The second-order valence-corrected chi connectivity index (χ2v) is 2.79. The summed E-state index contributed by atoms with van der Waals surface area (Å²) in [6.07, 6.45) is 4.42. The Balaban J connectivity index is 3.43. The zero-order valence-corrected chi connectivity index (χ0v) is 8.31. The SMILES string of the molecule is CCOC(=O)/C=C/CCC[C@@H](O)C=O. The molecule has 0 aliphatic heterocycles. The molecule has 0 amide bonds. The maximum Gasteiger partial charge on any atom is 0.330 e. The van der Waals surface area contributed by atoms with Crippen LogP contribution >= 0.6 is 0 Å². The van der Waals surface area contributed by atoms with Gasteiger partial charge >= 0.3 is 5.97 Å². The second kappa shape index (κ2) is 8.44. The molecule has 0 heterocycles. The van der Waals surface area contributed by atoms with E-state index in [1.165, 1.54) is 6.08 Å². The van der Waals surface area contributed by atoms with Gasteiger partial charge in [0.2, 0.25) is 0 Å². The molecule has 1 atom stereocenters. The Hall–Kier alpha value is -1.16. The molecule has 0 saturated carbocycles. The summed E-state index contributed by atoms with van der Waals surface area (Å²) in [5.41, 5.74) is 0. The van der Waals surface area contributed by atoms with Crippen LogP contribution in [0.15, 0.2) is 12.2 Å². The Morgan fingerprint density at radius 2 is 2.29 bits per heavy atom. The molecule has 0 spiro atoms. The summed E-state index contributed by atoms with van der Waals surface area (Å²) in [5.74, 6) is -0.358. The highest BCUT2D eigenvalue weighted by molar-refractivity contribution is 5.81. The lowest BCUT2D eigenvalue weighted by molar-refractivity contribution is -0.137. The van der Waals surface area contributed by atoms with Crippen molar-refractivity contribution in [3.05, 3.63) is 12.2 Å². The average molecular weight is 200 g/mol. The minimum atomic E-state index is -0.883. The zero-order chi connectivity index (χ0) is 10.8. The summed E-state index contributed by atoms with van der Waals surface area (Å²) in [7, 11) is 0. The highest BCUT2D eigenvalue weighted by Gasteiger charge is 1.99. The van der Waals surface area contributed by atoms with Crippen LogP contribution in [0.1, 0.15) is 26.2 Å². The minimum absolute atomic E-state index is 0.358. The number of aliphatic hydroxyl groups excluding tert-OH is 1. The van der Waals surface area contributed by atoms with E-state index in [0.717, 1.165) is 0 Å². The van der Waals surface area contributed by atoms with Crippen molar-refractivity contribution in [1.82, 2.24) is 0 Å². The summed E-state index contributed by atoms with van der Waals surface area (Å²) in [4.78, 5) is 20.8. The molecular formula is C10H16O4. The number of carbonyl (C=O) groups is 2. The van der Waals surface area contributed by atoms with Gasteiger partial charge in [0, 0.05) is 6.08 Å². The standard InChI is InChI=1S/C10H16O4/c1-2-14-10(13)7-5-3-4-6-9(12)8-11/h5,7-9,12H,2-4,6H2,1H3/b7-5+/t9-/m1/s1. The van der Waals surface area contributed by atoms with Crippen molar-refractivity contribution >= 4 is 12.3 Å². The summed E-state index contributed by atoms with van der Waals surface area (Å²) in [6, 6.07) is 0. The van der Waals surface area contributed by atoms with Gasteiger partial charge in [-0.3, -0.25) is 0 Å². The lowest BCUT2D eigenvalue weighted by Gasteiger charge is -1.99. The average Bonchev–Trinajstić information content (AvgIpc) is 2.17. The first-order valence-electron chi connectivity index (χ1n) is 4.67. The number of carbonyl (C=O) groups excluding carboxylic acids is 2. The van der Waals surface area contributed by atoms with E-state index in [2.05, 4.69) is 4.74 Å². The number of allylic oxidation sites excluding steroid dienone is 1. The molecule has 4 nitrogen and oxygen atoms in total. The Labute approximate surface area is 83.6 Å². The van der Waals surface area contributed by atoms with Gasteiger partial charge in [0.1, 0.15) is 12.4 Å². The van der Waals surface area contributed by atoms with Crippen LogP contribution in [0, 0.1) is 0 Å². The molecule has 4 heteroatoms. The first-order chi connectivity index (χ1) is 6.70. The van der Waals surface area contributed by atoms with E-state index in [9.17, 15) is 9.59 Å². The highest BCUT2D eigenvalue weighted by atomic mass is 16.5. The van der Waals surface area contributed by atoms with Crippen LogP contribution in [0.4, 0.5) is 0 Å². The predicted molar refractivity (Wildman–Crippen MR) is 51.7 cm³/mol. The lowest BCUT2D eigenvalue weighted by Crippen LogP contribution is -2.06. The number of unbranched alkanes of at least 4 members (excludes halogenated alkanes) is 1. The number of hydrogen-bond acceptors (Lipinski definition) is 4. The third kappa shape index (κ3) is 7.49. The van der Waals surface area contributed by atoms with Crippen molar-refractivity contribution in [2.75, 3.05) is 6.61 Å². The number of aldehydes is 1. The zero-order valence-electron chi connectivity index (χ0n) is 8.31. The van der Waals surface area contributed by atoms with Crippen molar-refractivity contribution in [3.8, 4) is 0 Å². The topological polar surface area (TPSA) is 63.6 Å². The van der Waals surface area contributed by atoms with Crippen LogP contribution in [0.3, 0.4) is 0 Å². The summed E-state index contributed by atoms with van der Waals surface area (Å²) in [6.45, 7) is 2.11. The second-order valence-electron chi connectivity index (χ2n) is 2.79. The van der Waals surface area contributed by atoms with Gasteiger partial charge in [-0.1, -0.05) is 6.08 Å². The summed E-state index contributed by atoms with van der Waals surface area (Å²) < 4.78 is 4.66. The molecule has 0 fully saturated rings. The smallest absolute Gasteiger partial charge is 0.330 e. The minimum Gasteiger partial charge on any atom is -0.463 e. The molecule has 0 aliphatic carbocycles. The Bertz CT molecular complexity index is 198. The molecule has 0 aromatic heterocycles. The maximum atomic E-state index is 10.8. The normalized spacial score (nSPS) is 12.7. The van der Waals surface area contributed by atoms with E-state index in [4.69, 9.17) is 5.11 Å². The third-order valence-corrected chi connectivity index (χ3v) is 1.57. The van der Waals surface area contributed by atoms with E-state index >= 15 is 0 Å². The molecule has 0 aromatic rings. The van der Waals surface area contributed by atoms with Crippen molar-refractivity contribution in [2.24, 2.45) is 0 Å². The van der Waals surface area contributed by atoms with Crippen LogP contribution in [0.25, 0.3) is 0 Å². The van der Waals surface area contributed by atoms with Gasteiger partial charge < -0.3 is 14.6 Å². The number of aliphatic hydroxyl groups is 1. The van der Waals surface area contributed by atoms with Crippen LogP contribution in [-0.2, 0) is 14.3 Å². The van der Waals surface area contributed by atoms with E-state index in [0.29, 0.717) is 32.2 Å². The maximum absolute atomic E-state index is 10.8. The number of hydrogen-bond donors (Lipinski definition) is 1. The fourth-order valence-corrected chi connectivity index (χ4v) is 0.883. The van der Waals surface area contributed by atoms with Gasteiger partial charge in [0.25, 0.3) is 0 Å². The lowest BCUT2D eigenvalue weighted by atomic mass is 10.1. The van der Waals surface area contributed by atoms with Crippen molar-refractivity contribution in [1.29, 1.82) is 0 Å². The predicted octanol–water partition coefficient (Wildman–Crippen LogP) is 0.836. The van der Waals surface area contributed by atoms with E-state index < -0.39 is 6.10 Å². The fraction of sp³-hybridized carbons (Fsp3) is 0.600. The fourth-order valence-electron chi connectivity index (χ4n) is 0.883. The van der Waals surface area contributed by atoms with Crippen molar-refractivity contribution < 1.29 is 19.4 Å². The number of ether oxygens (including phenoxy) is 1. The molecule has 0 unspecified atom stereocenters. The van der Waals surface area contributed by atoms with Crippen molar-refractivity contribution in [2.45, 2.75) is 32.3 Å². The molecule has 0 aliphatic rings. The van der Waals surface area contributed by atoms with Gasteiger partial charge in [0.15, 0.2) is 0 Å². The molecule has 0 bridgehead atoms. The molecular weight excluding hydrogens is 184 g/mol. The van der Waals surface area contributed by atoms with Crippen LogP contribution in [0.5, 0.6) is 0 Å². The number of rotatable bonds is 7. The quantitative estimate of drug-likeness (QED) is 0.286. The molecule has 0 radical (unpaired) electrons. The molecule has 1 N–H and O–H groups in total. The van der Waals surface area contributed by atoms with Gasteiger partial charge in [-0.05, 0) is 26.2 Å². The molecule has 0 rings (SSSR count). The monoisotopic (exact) mass is 200 g/mol. The molecule has 0 aromatic carbocycles. The van der Waals surface area contributed by atoms with E-state index in [1.807, 2.05) is 0 Å². The van der Waals surface area contributed by atoms with Gasteiger partial charge in [-0.25, -0.2) is 4.79 Å². The van der Waals surface area contributed by atoms with E-state index in [1.54, 1.807) is 13.0 Å². The Morgan fingerprint density at radius 1 is 1.57 bits per heavy atom. The van der Waals surface area contributed by atoms with E-state index in [-0.39, 0.29) is 5.97 Å². The van der Waals surface area contributed by atoms with Crippen molar-refractivity contribution in [3.63, 3.8) is 0 Å². The van der Waals surface area contributed by atoms with Crippen LogP contribution in [0.2, 0.25) is 0 Å². The number of esters is 1. The van der Waals surface area contributed by atoms with Gasteiger partial charge in [-0.2, -0.15) is 0 Å². The first-order valence-corrected chi connectivity index (χ1v) is 4.67. The molecule has 80 valence electrons. The first kappa shape index (κ1) is 12.8. The summed E-state index contributed by atoms with van der Waals surface area (Å²) >= 11 is 0. The Kier molecular flexibility index (Phi) is 7.74. The summed E-state index contributed by atoms with van der Waals surface area (Å²) in [5, 5.41) is 8.87. The van der Waals surface area contributed by atoms with Crippen LogP contribution < -0.4 is 0 Å². The molecule has 0 saturated heterocycles. The van der Waals surface area contributed by atoms with Gasteiger partial charge in [-0.15, -0.1) is 0 Å².